The number of guanidine groups is 1. The van der Waals surface area contributed by atoms with Crippen molar-refractivity contribution in [1.82, 2.24) is 25.4 Å². The van der Waals surface area contributed by atoms with Gasteiger partial charge in [-0.25, -0.2) is 4.99 Å². The van der Waals surface area contributed by atoms with Gasteiger partial charge in [0.1, 0.15) is 12.4 Å². The van der Waals surface area contributed by atoms with E-state index in [1.54, 1.807) is 0 Å². The minimum absolute atomic E-state index is 0.323. The van der Waals surface area contributed by atoms with Crippen molar-refractivity contribution in [3.8, 4) is 0 Å². The van der Waals surface area contributed by atoms with E-state index in [9.17, 15) is 0 Å². The van der Waals surface area contributed by atoms with E-state index in [-0.39, 0.29) is 0 Å². The maximum atomic E-state index is 5.32. The number of aliphatic imine (C=N–C) groups is 1. The Morgan fingerprint density at radius 2 is 2.14 bits per heavy atom. The van der Waals surface area contributed by atoms with E-state index in [1.165, 1.54) is 0 Å². The van der Waals surface area contributed by atoms with Crippen LogP contribution in [-0.4, -0.2) is 46.5 Å². The number of nitrogens with one attached hydrogen (secondary N) is 2. The zero-order valence-corrected chi connectivity index (χ0v) is 13.8. The average molecular weight is 296 g/mol. The van der Waals surface area contributed by atoms with Crippen molar-refractivity contribution >= 4 is 5.96 Å². The van der Waals surface area contributed by atoms with Gasteiger partial charge in [0.15, 0.2) is 11.8 Å². The highest BCUT2D eigenvalue weighted by Gasteiger charge is 2.05. The summed E-state index contributed by atoms with van der Waals surface area (Å²) in [5.74, 6) is 2.54. The Labute approximate surface area is 127 Å². The van der Waals surface area contributed by atoms with E-state index in [1.807, 2.05) is 25.5 Å². The van der Waals surface area contributed by atoms with Gasteiger partial charge < -0.3 is 19.9 Å². The lowest BCUT2D eigenvalue weighted by molar-refractivity contribution is 0.145. The standard InChI is InChI=1S/C14H28N6O/c1-6-21-9-7-8-15-14(17-11(2)3)16-10-13-19-18-12(4)20(13)5/h11H,6-10H2,1-5H3,(H2,15,16,17). The molecule has 0 amide bonds. The van der Waals surface area contributed by atoms with Gasteiger partial charge in [-0.05, 0) is 34.1 Å². The first-order valence-electron chi connectivity index (χ1n) is 7.52. The SMILES string of the molecule is CCOCCCNC(=NCc1nnc(C)n1C)NC(C)C. The fourth-order valence-corrected chi connectivity index (χ4v) is 1.69. The van der Waals surface area contributed by atoms with Crippen LogP contribution in [0, 0.1) is 6.92 Å². The summed E-state index contributed by atoms with van der Waals surface area (Å²) in [7, 11) is 1.95. The molecular weight excluding hydrogens is 268 g/mol. The number of nitrogens with zero attached hydrogens (tertiary/aromatic N) is 4. The molecule has 120 valence electrons. The molecular formula is C14H28N6O. The van der Waals surface area contributed by atoms with Gasteiger partial charge in [-0.1, -0.05) is 0 Å². The number of ether oxygens (including phenoxy) is 1. The van der Waals surface area contributed by atoms with Gasteiger partial charge in [-0.15, -0.1) is 10.2 Å². The fraction of sp³-hybridized carbons (Fsp3) is 0.786. The van der Waals surface area contributed by atoms with Crippen molar-refractivity contribution in [2.75, 3.05) is 19.8 Å². The molecule has 1 aromatic heterocycles. The molecule has 1 heterocycles. The Morgan fingerprint density at radius 3 is 2.71 bits per heavy atom. The van der Waals surface area contributed by atoms with Gasteiger partial charge in [0, 0.05) is 32.8 Å². The summed E-state index contributed by atoms with van der Waals surface area (Å²) < 4.78 is 7.27. The molecule has 7 heteroatoms. The van der Waals surface area contributed by atoms with Crippen molar-refractivity contribution in [3.63, 3.8) is 0 Å². The Kier molecular flexibility index (Phi) is 7.74. The molecule has 1 aromatic rings. The predicted molar refractivity (Wildman–Crippen MR) is 84.3 cm³/mol. The molecule has 0 saturated heterocycles. The van der Waals surface area contributed by atoms with Crippen LogP contribution in [0.15, 0.2) is 4.99 Å². The van der Waals surface area contributed by atoms with E-state index in [4.69, 9.17) is 4.74 Å². The van der Waals surface area contributed by atoms with Crippen molar-refractivity contribution in [3.05, 3.63) is 11.6 Å². The zero-order valence-electron chi connectivity index (χ0n) is 13.8. The summed E-state index contributed by atoms with van der Waals surface area (Å²) in [5.41, 5.74) is 0. The Balaban J connectivity index is 2.51. The van der Waals surface area contributed by atoms with Crippen LogP contribution in [0.3, 0.4) is 0 Å². The molecule has 0 spiro atoms. The number of aryl methyl sites for hydroxylation is 1. The molecule has 0 atom stereocenters. The van der Waals surface area contributed by atoms with Crippen LogP contribution in [0.25, 0.3) is 0 Å². The molecule has 7 nitrogen and oxygen atoms in total. The van der Waals surface area contributed by atoms with Gasteiger partial charge >= 0.3 is 0 Å². The Morgan fingerprint density at radius 1 is 1.38 bits per heavy atom. The average Bonchev–Trinajstić information content (AvgIpc) is 2.75. The van der Waals surface area contributed by atoms with E-state index in [0.29, 0.717) is 12.6 Å². The number of rotatable bonds is 8. The van der Waals surface area contributed by atoms with Crippen LogP contribution in [0.1, 0.15) is 38.8 Å². The van der Waals surface area contributed by atoms with Gasteiger partial charge in [-0.3, -0.25) is 0 Å². The smallest absolute Gasteiger partial charge is 0.191 e. The Hall–Kier alpha value is -1.63. The first-order chi connectivity index (χ1) is 10.0. The van der Waals surface area contributed by atoms with Gasteiger partial charge in [0.25, 0.3) is 0 Å². The minimum atomic E-state index is 0.323. The highest BCUT2D eigenvalue weighted by atomic mass is 16.5. The molecule has 1 rings (SSSR count). The first-order valence-corrected chi connectivity index (χ1v) is 7.52. The summed E-state index contributed by atoms with van der Waals surface area (Å²) in [6.07, 6.45) is 0.954. The van der Waals surface area contributed by atoms with E-state index >= 15 is 0 Å². The van der Waals surface area contributed by atoms with Crippen LogP contribution in [0.4, 0.5) is 0 Å². The molecule has 21 heavy (non-hydrogen) atoms. The maximum absolute atomic E-state index is 5.32. The van der Waals surface area contributed by atoms with Crippen LogP contribution in [0.2, 0.25) is 0 Å². The van der Waals surface area contributed by atoms with Crippen molar-refractivity contribution < 1.29 is 4.74 Å². The third kappa shape index (κ3) is 6.57. The van der Waals surface area contributed by atoms with Crippen LogP contribution < -0.4 is 10.6 Å². The van der Waals surface area contributed by atoms with Gasteiger partial charge in [-0.2, -0.15) is 0 Å². The third-order valence-electron chi connectivity index (χ3n) is 2.95. The van der Waals surface area contributed by atoms with Crippen molar-refractivity contribution in [2.24, 2.45) is 12.0 Å². The fourth-order valence-electron chi connectivity index (χ4n) is 1.69. The van der Waals surface area contributed by atoms with Gasteiger partial charge in [0.05, 0.1) is 0 Å². The van der Waals surface area contributed by atoms with E-state index < -0.39 is 0 Å². The molecule has 0 unspecified atom stereocenters. The zero-order chi connectivity index (χ0) is 15.7. The normalized spacial score (nSPS) is 12.0. The molecule has 0 aliphatic carbocycles. The summed E-state index contributed by atoms with van der Waals surface area (Å²) in [4.78, 5) is 4.56. The molecule has 2 N–H and O–H groups in total. The summed E-state index contributed by atoms with van der Waals surface area (Å²) >= 11 is 0. The maximum Gasteiger partial charge on any atom is 0.191 e. The first kappa shape index (κ1) is 17.4. The summed E-state index contributed by atoms with van der Waals surface area (Å²) in [6.45, 7) is 11.0. The van der Waals surface area contributed by atoms with E-state index in [0.717, 1.165) is 43.8 Å². The molecule has 0 aliphatic rings. The highest BCUT2D eigenvalue weighted by molar-refractivity contribution is 5.79. The second-order valence-corrected chi connectivity index (χ2v) is 5.16. The number of hydrogen-bond acceptors (Lipinski definition) is 4. The second kappa shape index (κ2) is 9.33. The Bertz CT molecular complexity index is 441. The largest absolute Gasteiger partial charge is 0.382 e. The molecule has 0 radical (unpaired) electrons. The summed E-state index contributed by atoms with van der Waals surface area (Å²) in [6, 6.07) is 0.323. The van der Waals surface area contributed by atoms with E-state index in [2.05, 4.69) is 39.7 Å². The lowest BCUT2D eigenvalue weighted by Gasteiger charge is -2.15. The van der Waals surface area contributed by atoms with Crippen LogP contribution >= 0.6 is 0 Å². The van der Waals surface area contributed by atoms with Crippen molar-refractivity contribution in [1.29, 1.82) is 0 Å². The minimum Gasteiger partial charge on any atom is -0.382 e. The monoisotopic (exact) mass is 296 g/mol. The van der Waals surface area contributed by atoms with Crippen LogP contribution in [-0.2, 0) is 18.3 Å². The predicted octanol–water partition coefficient (Wildman–Crippen LogP) is 0.994. The lowest BCUT2D eigenvalue weighted by Crippen LogP contribution is -2.41. The molecule has 0 aliphatic heterocycles. The molecule has 0 saturated carbocycles. The quantitative estimate of drug-likeness (QED) is 0.425. The summed E-state index contributed by atoms with van der Waals surface area (Å²) in [5, 5.41) is 14.8. The molecule has 0 fully saturated rings. The number of hydrogen-bond donors (Lipinski definition) is 2. The second-order valence-electron chi connectivity index (χ2n) is 5.16. The molecule has 0 bridgehead atoms. The van der Waals surface area contributed by atoms with Gasteiger partial charge in [0.2, 0.25) is 0 Å². The van der Waals surface area contributed by atoms with Crippen molar-refractivity contribution in [2.45, 2.75) is 46.7 Å². The lowest BCUT2D eigenvalue weighted by atomic mass is 10.4. The topological polar surface area (TPSA) is 76.4 Å². The third-order valence-corrected chi connectivity index (χ3v) is 2.95. The highest BCUT2D eigenvalue weighted by Crippen LogP contribution is 1.99. The van der Waals surface area contributed by atoms with Crippen LogP contribution in [0.5, 0.6) is 0 Å². The number of aromatic nitrogens is 3. The molecule has 0 aromatic carbocycles.